The Bertz CT molecular complexity index is 790. The Morgan fingerprint density at radius 1 is 0.958 bits per heavy atom. The van der Waals surface area contributed by atoms with Crippen molar-refractivity contribution in [3.8, 4) is 0 Å². The summed E-state index contributed by atoms with van der Waals surface area (Å²) >= 11 is 0. The maximum Gasteiger partial charge on any atom is 0.287 e. The van der Waals surface area contributed by atoms with E-state index < -0.39 is 4.92 Å². The average Bonchev–Trinajstić information content (AvgIpc) is 2.63. The summed E-state index contributed by atoms with van der Waals surface area (Å²) in [6, 6.07) is 23.4. The van der Waals surface area contributed by atoms with Gasteiger partial charge in [-0.1, -0.05) is 60.7 Å². The molecule has 0 fully saturated rings. The molecule has 0 saturated carbocycles. The van der Waals surface area contributed by atoms with Crippen LogP contribution in [0.4, 0.5) is 11.5 Å². The minimum atomic E-state index is -0.449. The van der Waals surface area contributed by atoms with Crippen molar-refractivity contribution in [2.24, 2.45) is 0 Å². The van der Waals surface area contributed by atoms with Crippen LogP contribution in [0.15, 0.2) is 79.0 Å². The van der Waals surface area contributed by atoms with Gasteiger partial charge >= 0.3 is 0 Å². The number of hydrogen-bond donors (Lipinski definition) is 1. The van der Waals surface area contributed by atoms with Gasteiger partial charge in [-0.15, -0.1) is 0 Å². The smallest absolute Gasteiger partial charge is 0.287 e. The lowest BCUT2D eigenvalue weighted by molar-refractivity contribution is -0.385. The average molecular weight is 319 g/mol. The van der Waals surface area contributed by atoms with Crippen LogP contribution in [0.1, 0.15) is 17.2 Å². The first kappa shape index (κ1) is 15.7. The fraction of sp³-hybridized carbons (Fsp3) is 0.105. The number of nitro groups is 1. The Balaban J connectivity index is 1.83. The first-order chi connectivity index (χ1) is 11.7. The zero-order chi connectivity index (χ0) is 16.8. The predicted molar refractivity (Wildman–Crippen MR) is 93.8 cm³/mol. The molecule has 0 amide bonds. The molecule has 120 valence electrons. The minimum Gasteiger partial charge on any atom is -0.363 e. The van der Waals surface area contributed by atoms with Gasteiger partial charge in [0.2, 0.25) is 0 Å². The van der Waals surface area contributed by atoms with E-state index in [2.05, 4.69) is 34.6 Å². The van der Waals surface area contributed by atoms with E-state index in [4.69, 9.17) is 0 Å². The summed E-state index contributed by atoms with van der Waals surface area (Å²) in [6.07, 6.45) is 2.07. The fourth-order valence-corrected chi connectivity index (χ4v) is 2.55. The number of hydrogen-bond acceptors (Lipinski definition) is 4. The lowest BCUT2D eigenvalue weighted by atomic mass is 9.99. The molecule has 1 unspecified atom stereocenters. The zero-order valence-electron chi connectivity index (χ0n) is 13.0. The van der Waals surface area contributed by atoms with Gasteiger partial charge in [-0.05, 0) is 23.6 Å². The monoisotopic (exact) mass is 319 g/mol. The second-order valence-corrected chi connectivity index (χ2v) is 5.46. The molecule has 0 aliphatic heterocycles. The molecule has 2 aromatic carbocycles. The van der Waals surface area contributed by atoms with Crippen LogP contribution in [0, 0.1) is 10.1 Å². The molecule has 0 bridgehead atoms. The summed E-state index contributed by atoms with van der Waals surface area (Å²) in [5.41, 5.74) is 2.34. The number of nitrogens with zero attached hydrogens (tertiary/aromatic N) is 2. The van der Waals surface area contributed by atoms with Gasteiger partial charge in [0.05, 0.1) is 11.0 Å². The quantitative estimate of drug-likeness (QED) is 0.540. The van der Waals surface area contributed by atoms with Crippen LogP contribution in [-0.4, -0.2) is 9.91 Å². The number of pyridine rings is 1. The van der Waals surface area contributed by atoms with Gasteiger partial charge in [-0.2, -0.15) is 0 Å². The zero-order valence-corrected chi connectivity index (χ0v) is 13.0. The first-order valence-corrected chi connectivity index (χ1v) is 7.68. The lowest BCUT2D eigenvalue weighted by Gasteiger charge is -2.20. The molecule has 1 aromatic heterocycles. The number of rotatable bonds is 6. The maximum absolute atomic E-state index is 10.7. The van der Waals surface area contributed by atoms with Gasteiger partial charge in [-0.25, -0.2) is 4.98 Å². The topological polar surface area (TPSA) is 68.1 Å². The second-order valence-electron chi connectivity index (χ2n) is 5.46. The van der Waals surface area contributed by atoms with E-state index in [1.807, 2.05) is 36.4 Å². The fourth-order valence-electron chi connectivity index (χ4n) is 2.55. The third-order valence-corrected chi connectivity index (χ3v) is 3.77. The number of anilines is 1. The van der Waals surface area contributed by atoms with Crippen LogP contribution in [0.3, 0.4) is 0 Å². The van der Waals surface area contributed by atoms with E-state index >= 15 is 0 Å². The van der Waals surface area contributed by atoms with Crippen LogP contribution in [0.25, 0.3) is 0 Å². The van der Waals surface area contributed by atoms with Crippen LogP contribution in [0.5, 0.6) is 0 Å². The second kappa shape index (κ2) is 7.37. The van der Waals surface area contributed by atoms with E-state index in [-0.39, 0.29) is 11.7 Å². The van der Waals surface area contributed by atoms with Crippen LogP contribution >= 0.6 is 0 Å². The lowest BCUT2D eigenvalue weighted by Crippen LogP contribution is -2.14. The third-order valence-electron chi connectivity index (χ3n) is 3.77. The molecule has 1 atom stereocenters. The number of aromatic nitrogens is 1. The van der Waals surface area contributed by atoms with E-state index in [0.717, 1.165) is 12.0 Å². The molecule has 24 heavy (non-hydrogen) atoms. The van der Waals surface area contributed by atoms with Gasteiger partial charge in [-0.3, -0.25) is 10.1 Å². The van der Waals surface area contributed by atoms with Gasteiger partial charge in [0, 0.05) is 6.07 Å². The highest BCUT2D eigenvalue weighted by atomic mass is 16.6. The maximum atomic E-state index is 10.7. The summed E-state index contributed by atoms with van der Waals surface area (Å²) in [5, 5.41) is 14.1. The highest BCUT2D eigenvalue weighted by molar-refractivity contribution is 5.43. The van der Waals surface area contributed by atoms with Crippen LogP contribution in [-0.2, 0) is 6.42 Å². The Morgan fingerprint density at radius 2 is 1.62 bits per heavy atom. The Morgan fingerprint density at radius 3 is 2.21 bits per heavy atom. The first-order valence-electron chi connectivity index (χ1n) is 7.68. The van der Waals surface area contributed by atoms with Gasteiger partial charge in [0.1, 0.15) is 12.0 Å². The van der Waals surface area contributed by atoms with Crippen LogP contribution < -0.4 is 5.32 Å². The summed E-state index contributed by atoms with van der Waals surface area (Å²) < 4.78 is 0. The standard InChI is InChI=1S/C19H17N3O2/c23-22(24)17-11-12-19(20-14-17)21-18(16-9-5-2-6-10-16)13-15-7-3-1-4-8-15/h1-12,14,18H,13H2,(H,20,21). The molecule has 0 saturated heterocycles. The van der Waals surface area contributed by atoms with E-state index in [9.17, 15) is 10.1 Å². The van der Waals surface area contributed by atoms with Gasteiger partial charge in [0.25, 0.3) is 5.69 Å². The number of nitrogens with one attached hydrogen (secondary N) is 1. The Hall–Kier alpha value is -3.21. The molecule has 0 aliphatic rings. The highest BCUT2D eigenvalue weighted by Gasteiger charge is 2.13. The summed E-state index contributed by atoms with van der Waals surface area (Å²) in [4.78, 5) is 14.4. The van der Waals surface area contributed by atoms with Crippen molar-refractivity contribution in [1.82, 2.24) is 4.98 Å². The molecule has 0 spiro atoms. The molecular weight excluding hydrogens is 302 g/mol. The minimum absolute atomic E-state index is 0.0140. The molecular formula is C19H17N3O2. The summed E-state index contributed by atoms with van der Waals surface area (Å²) in [7, 11) is 0. The molecule has 3 rings (SSSR count). The summed E-state index contributed by atoms with van der Waals surface area (Å²) in [6.45, 7) is 0. The van der Waals surface area contributed by atoms with E-state index in [1.165, 1.54) is 17.8 Å². The normalized spacial score (nSPS) is 11.7. The van der Waals surface area contributed by atoms with Crippen molar-refractivity contribution in [3.63, 3.8) is 0 Å². The van der Waals surface area contributed by atoms with Crippen molar-refractivity contribution < 1.29 is 4.92 Å². The van der Waals surface area contributed by atoms with Crippen molar-refractivity contribution in [1.29, 1.82) is 0 Å². The van der Waals surface area contributed by atoms with Gasteiger partial charge in [0.15, 0.2) is 0 Å². The number of benzene rings is 2. The predicted octanol–water partition coefficient (Wildman–Crippen LogP) is 4.39. The molecule has 0 radical (unpaired) electrons. The van der Waals surface area contributed by atoms with E-state index in [0.29, 0.717) is 5.82 Å². The molecule has 0 aliphatic carbocycles. The molecule has 5 heteroatoms. The van der Waals surface area contributed by atoms with Crippen molar-refractivity contribution in [3.05, 3.63) is 100 Å². The van der Waals surface area contributed by atoms with Gasteiger partial charge < -0.3 is 5.32 Å². The summed E-state index contributed by atoms with van der Waals surface area (Å²) in [5.74, 6) is 0.616. The van der Waals surface area contributed by atoms with Crippen LogP contribution in [0.2, 0.25) is 0 Å². The molecule has 5 nitrogen and oxygen atoms in total. The SMILES string of the molecule is O=[N+]([O-])c1ccc(NC(Cc2ccccc2)c2ccccc2)nc1. The third kappa shape index (κ3) is 3.95. The van der Waals surface area contributed by atoms with Crippen molar-refractivity contribution in [2.75, 3.05) is 5.32 Å². The van der Waals surface area contributed by atoms with Crippen molar-refractivity contribution >= 4 is 11.5 Å². The largest absolute Gasteiger partial charge is 0.363 e. The highest BCUT2D eigenvalue weighted by Crippen LogP contribution is 2.23. The van der Waals surface area contributed by atoms with E-state index in [1.54, 1.807) is 6.07 Å². The Labute approximate surface area is 140 Å². The Kier molecular flexibility index (Phi) is 4.81. The molecule has 1 N–H and O–H groups in total. The molecule has 1 heterocycles. The molecule has 3 aromatic rings. The van der Waals surface area contributed by atoms with Crippen molar-refractivity contribution in [2.45, 2.75) is 12.5 Å².